The van der Waals surface area contributed by atoms with Crippen molar-refractivity contribution in [3.8, 4) is 5.75 Å². The number of nitrogens with one attached hydrogen (secondary N) is 1. The van der Waals surface area contributed by atoms with Crippen LogP contribution in [-0.4, -0.2) is 50.0 Å². The number of ether oxygens (including phenoxy) is 1. The maximum Gasteiger partial charge on any atom is 0.137 e. The molecular weight excluding hydrogens is 264 g/mol. The van der Waals surface area contributed by atoms with Crippen molar-refractivity contribution >= 4 is 0 Å². The zero-order valence-electron chi connectivity index (χ0n) is 13.3. The van der Waals surface area contributed by atoms with Crippen molar-refractivity contribution in [1.29, 1.82) is 0 Å². The summed E-state index contributed by atoms with van der Waals surface area (Å²) in [6, 6.07) is 8.72. The van der Waals surface area contributed by atoms with Crippen molar-refractivity contribution in [2.45, 2.75) is 38.8 Å². The molecule has 0 amide bonds. The predicted octanol–water partition coefficient (Wildman–Crippen LogP) is -0.635. The molecule has 0 bridgehead atoms. The van der Waals surface area contributed by atoms with Crippen molar-refractivity contribution in [3.05, 3.63) is 29.8 Å². The van der Waals surface area contributed by atoms with Crippen LogP contribution in [0.3, 0.4) is 0 Å². The minimum absolute atomic E-state index is 0.370. The Hall–Kier alpha value is -1.10. The van der Waals surface area contributed by atoms with Gasteiger partial charge in [-0.1, -0.05) is 12.1 Å². The Morgan fingerprint density at radius 1 is 1.48 bits per heavy atom. The number of aliphatic hydroxyl groups excluding tert-OH is 1. The lowest BCUT2D eigenvalue weighted by Crippen LogP contribution is -3.16. The van der Waals surface area contributed by atoms with Gasteiger partial charge in [0.25, 0.3) is 0 Å². The van der Waals surface area contributed by atoms with E-state index in [1.807, 2.05) is 31.2 Å². The van der Waals surface area contributed by atoms with Gasteiger partial charge in [-0.05, 0) is 31.5 Å². The van der Waals surface area contributed by atoms with Crippen LogP contribution in [0.25, 0.3) is 0 Å². The molecule has 118 valence electrons. The molecule has 1 aliphatic rings. The highest BCUT2D eigenvalue weighted by Crippen LogP contribution is 2.12. The first-order chi connectivity index (χ1) is 10.2. The summed E-state index contributed by atoms with van der Waals surface area (Å²) < 4.78 is 5.64. The van der Waals surface area contributed by atoms with E-state index in [4.69, 9.17) is 4.74 Å². The third kappa shape index (κ3) is 5.30. The molecule has 0 saturated carbocycles. The van der Waals surface area contributed by atoms with E-state index in [-0.39, 0.29) is 0 Å². The molecule has 0 aromatic heterocycles. The molecule has 2 rings (SSSR count). The number of hydrogen-bond donors (Lipinski definition) is 3. The number of hydrogen-bond acceptors (Lipinski definition) is 2. The second kappa shape index (κ2) is 8.37. The van der Waals surface area contributed by atoms with Gasteiger partial charge in [-0.25, -0.2) is 0 Å². The highest BCUT2D eigenvalue weighted by Gasteiger charge is 2.28. The zero-order chi connectivity index (χ0) is 15.1. The Labute approximate surface area is 128 Å². The average Bonchev–Trinajstić information content (AvgIpc) is 2.93. The second-order valence-electron chi connectivity index (χ2n) is 6.14. The average molecular weight is 294 g/mol. The molecule has 21 heavy (non-hydrogen) atoms. The van der Waals surface area contributed by atoms with Gasteiger partial charge in [-0.15, -0.1) is 0 Å². The van der Waals surface area contributed by atoms with Crippen LogP contribution in [0, 0.1) is 6.92 Å². The summed E-state index contributed by atoms with van der Waals surface area (Å²) in [5, 5.41) is 12.3. The minimum atomic E-state index is -0.406. The first kappa shape index (κ1) is 16.3. The van der Waals surface area contributed by atoms with Gasteiger partial charge in [0.2, 0.25) is 0 Å². The lowest BCUT2D eigenvalue weighted by molar-refractivity contribution is -0.924. The van der Waals surface area contributed by atoms with E-state index >= 15 is 0 Å². The van der Waals surface area contributed by atoms with Crippen molar-refractivity contribution in [2.75, 3.05) is 32.8 Å². The molecule has 1 aromatic rings. The maximum absolute atomic E-state index is 10.0. The van der Waals surface area contributed by atoms with Gasteiger partial charge in [0.05, 0.1) is 13.1 Å². The first-order valence-electron chi connectivity index (χ1n) is 8.22. The normalized spacial score (nSPS) is 23.2. The fourth-order valence-corrected chi connectivity index (χ4v) is 3.19. The molecule has 1 unspecified atom stereocenters. The molecule has 0 spiro atoms. The number of rotatable bonds is 8. The van der Waals surface area contributed by atoms with Gasteiger partial charge >= 0.3 is 0 Å². The number of nitrogens with two attached hydrogens (primary N) is 1. The number of aryl methyl sites for hydroxylation is 1. The van der Waals surface area contributed by atoms with Crippen LogP contribution in [0.1, 0.15) is 25.3 Å². The van der Waals surface area contributed by atoms with Gasteiger partial charge in [0.1, 0.15) is 37.6 Å². The quantitative estimate of drug-likeness (QED) is 0.598. The molecule has 1 saturated heterocycles. The van der Waals surface area contributed by atoms with Crippen LogP contribution < -0.4 is 15.0 Å². The summed E-state index contributed by atoms with van der Waals surface area (Å²) in [5.41, 5.74) is 1.18. The Balaban J connectivity index is 1.62. The number of quaternary nitrogens is 2. The minimum Gasteiger partial charge on any atom is -0.491 e. The molecule has 4 nitrogen and oxygen atoms in total. The van der Waals surface area contributed by atoms with E-state index in [2.05, 4.69) is 12.2 Å². The molecule has 1 aliphatic heterocycles. The number of likely N-dealkylation sites (tertiary alicyclic amines) is 1. The van der Waals surface area contributed by atoms with Crippen molar-refractivity contribution < 1.29 is 20.1 Å². The van der Waals surface area contributed by atoms with Crippen LogP contribution in [0.15, 0.2) is 24.3 Å². The van der Waals surface area contributed by atoms with Crippen LogP contribution in [-0.2, 0) is 0 Å². The fourth-order valence-electron chi connectivity index (χ4n) is 3.19. The molecule has 1 aromatic carbocycles. The summed E-state index contributed by atoms with van der Waals surface area (Å²) in [5.74, 6) is 0.839. The monoisotopic (exact) mass is 294 g/mol. The molecule has 4 N–H and O–H groups in total. The number of likely N-dealkylation sites (N-methyl/N-ethyl adjacent to an activating group) is 1. The van der Waals surface area contributed by atoms with Gasteiger partial charge in [-0.2, -0.15) is 0 Å². The number of benzene rings is 1. The van der Waals surface area contributed by atoms with E-state index in [1.165, 1.54) is 31.5 Å². The third-order valence-corrected chi connectivity index (χ3v) is 4.40. The SMILES string of the molecule is CC[NH+]1CCC[C@@H]1C[NH2+]C[C@H](O)COc1cccc(C)c1. The molecule has 3 atom stereocenters. The smallest absolute Gasteiger partial charge is 0.137 e. The standard InChI is InChI=1S/C17H28N2O2/c1-3-19-9-5-7-15(19)11-18-12-16(20)13-21-17-8-4-6-14(2)10-17/h4,6,8,10,15-16,18,20H,3,5,7,9,11-13H2,1-2H3/p+2/t15-,16+/m1/s1. The lowest BCUT2D eigenvalue weighted by Gasteiger charge is -2.19. The lowest BCUT2D eigenvalue weighted by atomic mass is 10.2. The van der Waals surface area contributed by atoms with Crippen LogP contribution in [0.4, 0.5) is 0 Å². The van der Waals surface area contributed by atoms with E-state index in [0.29, 0.717) is 6.61 Å². The molecule has 0 aliphatic carbocycles. The van der Waals surface area contributed by atoms with Gasteiger partial charge in [0, 0.05) is 12.8 Å². The van der Waals surface area contributed by atoms with Crippen molar-refractivity contribution in [2.24, 2.45) is 0 Å². The third-order valence-electron chi connectivity index (χ3n) is 4.40. The first-order valence-corrected chi connectivity index (χ1v) is 8.22. The highest BCUT2D eigenvalue weighted by molar-refractivity contribution is 5.27. The van der Waals surface area contributed by atoms with Crippen molar-refractivity contribution in [1.82, 2.24) is 0 Å². The maximum atomic E-state index is 10.0. The van der Waals surface area contributed by atoms with Gasteiger partial charge in [-0.3, -0.25) is 0 Å². The van der Waals surface area contributed by atoms with Crippen molar-refractivity contribution in [3.63, 3.8) is 0 Å². The summed E-state index contributed by atoms with van der Waals surface area (Å²) >= 11 is 0. The summed E-state index contributed by atoms with van der Waals surface area (Å²) in [4.78, 5) is 1.72. The van der Waals surface area contributed by atoms with Gasteiger partial charge in [0.15, 0.2) is 0 Å². The summed E-state index contributed by atoms with van der Waals surface area (Å²) in [7, 11) is 0. The van der Waals surface area contributed by atoms with E-state index < -0.39 is 6.10 Å². The molecule has 4 heteroatoms. The Kier molecular flexibility index (Phi) is 6.49. The van der Waals surface area contributed by atoms with E-state index in [9.17, 15) is 5.11 Å². The van der Waals surface area contributed by atoms with Gasteiger partial charge < -0.3 is 20.1 Å². The topological polar surface area (TPSA) is 50.5 Å². The number of aliphatic hydroxyl groups is 1. The Morgan fingerprint density at radius 2 is 2.33 bits per heavy atom. The molecule has 1 fully saturated rings. The molecular formula is C17H30N2O2+2. The molecule has 0 radical (unpaired) electrons. The Morgan fingerprint density at radius 3 is 3.10 bits per heavy atom. The summed E-state index contributed by atoms with van der Waals surface area (Å²) in [6.07, 6.45) is 2.27. The largest absolute Gasteiger partial charge is 0.491 e. The highest BCUT2D eigenvalue weighted by atomic mass is 16.5. The van der Waals surface area contributed by atoms with Crippen LogP contribution in [0.5, 0.6) is 5.75 Å². The predicted molar refractivity (Wildman–Crippen MR) is 83.7 cm³/mol. The van der Waals surface area contributed by atoms with Crippen LogP contribution in [0.2, 0.25) is 0 Å². The zero-order valence-corrected chi connectivity index (χ0v) is 13.3. The second-order valence-corrected chi connectivity index (χ2v) is 6.14. The van der Waals surface area contributed by atoms with E-state index in [1.54, 1.807) is 4.90 Å². The summed E-state index contributed by atoms with van der Waals surface area (Å²) in [6.45, 7) is 9.04. The molecule has 1 heterocycles. The van der Waals surface area contributed by atoms with Crippen LogP contribution >= 0.6 is 0 Å². The fraction of sp³-hybridized carbons (Fsp3) is 0.647. The van der Waals surface area contributed by atoms with E-state index in [0.717, 1.165) is 24.9 Å². The Bertz CT molecular complexity index is 425.